The van der Waals surface area contributed by atoms with E-state index in [2.05, 4.69) is 5.92 Å². The average Bonchev–Trinajstić information content (AvgIpc) is 2.83. The first-order chi connectivity index (χ1) is 9.38. The molecule has 0 fully saturated rings. The Morgan fingerprint density at radius 2 is 2.15 bits per heavy atom. The first-order valence-corrected chi connectivity index (χ1v) is 8.07. The number of aliphatic hydroxyl groups excluding tert-OH is 1. The van der Waals surface area contributed by atoms with E-state index in [0.29, 0.717) is 18.7 Å². The standard InChI is InChI=1S/C14H22N2O3S/c1-5-7-15(8-6-2)20(18,19)14-9-13(11-17)16(10-14)12(3)4/h1,9-10,12,17H,6-8,11H2,2-4H3. The molecule has 0 aromatic carbocycles. The van der Waals surface area contributed by atoms with Crippen LogP contribution in [0.15, 0.2) is 17.2 Å². The maximum atomic E-state index is 12.6. The number of nitrogens with zero attached hydrogens (tertiary/aromatic N) is 2. The molecule has 0 radical (unpaired) electrons. The van der Waals surface area contributed by atoms with Crippen LogP contribution in [0.25, 0.3) is 0 Å². The molecule has 0 saturated carbocycles. The van der Waals surface area contributed by atoms with Gasteiger partial charge in [0.25, 0.3) is 0 Å². The van der Waals surface area contributed by atoms with E-state index in [1.807, 2.05) is 20.8 Å². The third-order valence-corrected chi connectivity index (χ3v) is 4.81. The summed E-state index contributed by atoms with van der Waals surface area (Å²) in [6.07, 6.45) is 7.50. The van der Waals surface area contributed by atoms with E-state index in [-0.39, 0.29) is 24.1 Å². The van der Waals surface area contributed by atoms with Gasteiger partial charge in [-0.25, -0.2) is 8.42 Å². The van der Waals surface area contributed by atoms with Crippen molar-refractivity contribution >= 4 is 10.0 Å². The minimum Gasteiger partial charge on any atom is -0.390 e. The summed E-state index contributed by atoms with van der Waals surface area (Å²) in [5.41, 5.74) is 0.579. The topological polar surface area (TPSA) is 62.5 Å². The number of sulfonamides is 1. The van der Waals surface area contributed by atoms with Crippen LogP contribution in [0.1, 0.15) is 38.9 Å². The summed E-state index contributed by atoms with van der Waals surface area (Å²) in [5, 5.41) is 9.33. The van der Waals surface area contributed by atoms with Gasteiger partial charge >= 0.3 is 0 Å². The highest BCUT2D eigenvalue weighted by Crippen LogP contribution is 2.22. The quantitative estimate of drug-likeness (QED) is 0.778. The molecule has 20 heavy (non-hydrogen) atoms. The molecule has 0 unspecified atom stereocenters. The van der Waals surface area contributed by atoms with Gasteiger partial charge in [0, 0.05) is 24.5 Å². The average molecular weight is 298 g/mol. The Labute approximate surface area is 121 Å². The Bertz CT molecular complexity index is 582. The van der Waals surface area contributed by atoms with E-state index < -0.39 is 10.0 Å². The molecule has 5 nitrogen and oxygen atoms in total. The van der Waals surface area contributed by atoms with E-state index in [4.69, 9.17) is 6.42 Å². The molecule has 6 heteroatoms. The molecule has 0 atom stereocenters. The minimum atomic E-state index is -3.61. The Morgan fingerprint density at radius 1 is 1.50 bits per heavy atom. The number of rotatable bonds is 7. The molecule has 112 valence electrons. The van der Waals surface area contributed by atoms with E-state index in [0.717, 1.165) is 0 Å². The lowest BCUT2D eigenvalue weighted by atomic mass is 10.3. The monoisotopic (exact) mass is 298 g/mol. The van der Waals surface area contributed by atoms with Crippen LogP contribution >= 0.6 is 0 Å². The summed E-state index contributed by atoms with van der Waals surface area (Å²) in [5.74, 6) is 2.38. The van der Waals surface area contributed by atoms with Gasteiger partial charge in [-0.2, -0.15) is 4.31 Å². The smallest absolute Gasteiger partial charge is 0.245 e. The lowest BCUT2D eigenvalue weighted by Gasteiger charge is -2.18. The summed E-state index contributed by atoms with van der Waals surface area (Å²) >= 11 is 0. The van der Waals surface area contributed by atoms with Crippen molar-refractivity contribution in [3.63, 3.8) is 0 Å². The molecule has 1 aromatic heterocycles. The molecule has 0 aliphatic rings. The fraction of sp³-hybridized carbons (Fsp3) is 0.571. The molecule has 0 bridgehead atoms. The molecule has 1 aromatic rings. The predicted molar refractivity (Wildman–Crippen MR) is 78.6 cm³/mol. The Balaban J connectivity index is 3.24. The summed E-state index contributed by atoms with van der Waals surface area (Å²) < 4.78 is 28.1. The van der Waals surface area contributed by atoms with Gasteiger partial charge in [-0.1, -0.05) is 12.8 Å². The Kier molecular flexibility index (Phi) is 5.81. The van der Waals surface area contributed by atoms with Crippen molar-refractivity contribution < 1.29 is 13.5 Å². The van der Waals surface area contributed by atoms with Crippen molar-refractivity contribution in [1.29, 1.82) is 0 Å². The summed E-state index contributed by atoms with van der Waals surface area (Å²) in [6.45, 7) is 6.00. The van der Waals surface area contributed by atoms with Crippen molar-refractivity contribution in [2.75, 3.05) is 13.1 Å². The maximum Gasteiger partial charge on any atom is 0.245 e. The molecule has 0 aliphatic heterocycles. The minimum absolute atomic E-state index is 0.0531. The molecule has 0 amide bonds. The van der Waals surface area contributed by atoms with E-state index >= 15 is 0 Å². The van der Waals surface area contributed by atoms with Crippen LogP contribution in [0.3, 0.4) is 0 Å². The number of hydrogen-bond acceptors (Lipinski definition) is 3. The molecule has 0 aliphatic carbocycles. The van der Waals surface area contributed by atoms with Crippen molar-refractivity contribution in [3.8, 4) is 12.3 Å². The van der Waals surface area contributed by atoms with Crippen LogP contribution in [-0.2, 0) is 16.6 Å². The molecule has 1 rings (SSSR count). The Morgan fingerprint density at radius 3 is 2.55 bits per heavy atom. The largest absolute Gasteiger partial charge is 0.390 e. The highest BCUT2D eigenvalue weighted by Gasteiger charge is 2.25. The molecule has 1 N–H and O–H groups in total. The zero-order valence-corrected chi connectivity index (χ0v) is 13.0. The third-order valence-electron chi connectivity index (χ3n) is 3.00. The van der Waals surface area contributed by atoms with Gasteiger partial charge in [-0.3, -0.25) is 0 Å². The van der Waals surface area contributed by atoms with Crippen molar-refractivity contribution in [1.82, 2.24) is 8.87 Å². The SMILES string of the molecule is C#CCN(CCC)S(=O)(=O)c1cc(CO)n(C(C)C)c1. The number of aliphatic hydroxyl groups is 1. The molecule has 1 heterocycles. The fourth-order valence-corrected chi connectivity index (χ4v) is 3.53. The summed E-state index contributed by atoms with van der Waals surface area (Å²) in [4.78, 5) is 0.180. The van der Waals surface area contributed by atoms with Crippen LogP contribution < -0.4 is 0 Å². The number of hydrogen-bond donors (Lipinski definition) is 1. The van der Waals surface area contributed by atoms with Gasteiger partial charge in [0.15, 0.2) is 0 Å². The zero-order chi connectivity index (χ0) is 15.3. The third kappa shape index (κ3) is 3.42. The molecule has 0 saturated heterocycles. The first kappa shape index (κ1) is 16.8. The van der Waals surface area contributed by atoms with Crippen molar-refractivity contribution in [2.45, 2.75) is 44.7 Å². The highest BCUT2D eigenvalue weighted by atomic mass is 32.2. The number of aromatic nitrogens is 1. The van der Waals surface area contributed by atoms with Crippen molar-refractivity contribution in [3.05, 3.63) is 18.0 Å². The fourth-order valence-electron chi connectivity index (χ4n) is 2.03. The maximum absolute atomic E-state index is 12.6. The summed E-state index contributed by atoms with van der Waals surface area (Å²) in [6, 6.07) is 1.59. The van der Waals surface area contributed by atoms with Gasteiger partial charge in [-0.15, -0.1) is 6.42 Å². The normalized spacial score (nSPS) is 12.1. The second kappa shape index (κ2) is 6.93. The lowest BCUT2D eigenvalue weighted by molar-refractivity contribution is 0.268. The highest BCUT2D eigenvalue weighted by molar-refractivity contribution is 7.89. The Hall–Kier alpha value is -1.29. The van der Waals surface area contributed by atoms with E-state index in [9.17, 15) is 13.5 Å². The second-order valence-electron chi connectivity index (χ2n) is 4.87. The van der Waals surface area contributed by atoms with Gasteiger partial charge in [0.2, 0.25) is 10.0 Å². The van der Waals surface area contributed by atoms with Crippen LogP contribution in [0.4, 0.5) is 0 Å². The molecular weight excluding hydrogens is 276 g/mol. The lowest BCUT2D eigenvalue weighted by Crippen LogP contribution is -2.32. The predicted octanol–water partition coefficient (Wildman–Crippen LogP) is 1.60. The van der Waals surface area contributed by atoms with Gasteiger partial charge in [0.05, 0.1) is 13.2 Å². The molecular formula is C14H22N2O3S. The van der Waals surface area contributed by atoms with E-state index in [1.165, 1.54) is 10.4 Å². The number of terminal acetylenes is 1. The van der Waals surface area contributed by atoms with Gasteiger partial charge in [-0.05, 0) is 26.3 Å². The zero-order valence-electron chi connectivity index (χ0n) is 12.2. The molecule has 0 spiro atoms. The van der Waals surface area contributed by atoms with Gasteiger partial charge in [0.1, 0.15) is 4.90 Å². The van der Waals surface area contributed by atoms with Crippen LogP contribution in [-0.4, -0.2) is 35.5 Å². The van der Waals surface area contributed by atoms with Crippen LogP contribution in [0.5, 0.6) is 0 Å². The van der Waals surface area contributed by atoms with Crippen LogP contribution in [0, 0.1) is 12.3 Å². The van der Waals surface area contributed by atoms with Crippen molar-refractivity contribution in [2.24, 2.45) is 0 Å². The summed E-state index contributed by atoms with van der Waals surface area (Å²) in [7, 11) is -3.61. The van der Waals surface area contributed by atoms with Crippen LogP contribution in [0.2, 0.25) is 0 Å². The van der Waals surface area contributed by atoms with E-state index in [1.54, 1.807) is 10.8 Å². The first-order valence-electron chi connectivity index (χ1n) is 6.63. The second-order valence-corrected chi connectivity index (χ2v) is 6.81. The van der Waals surface area contributed by atoms with Gasteiger partial charge < -0.3 is 9.67 Å².